The lowest BCUT2D eigenvalue weighted by Gasteiger charge is -2.28. The highest BCUT2D eigenvalue weighted by Crippen LogP contribution is 2.18. The molecule has 0 spiro atoms. The van der Waals surface area contributed by atoms with Crippen LogP contribution in [-0.4, -0.2) is 35.9 Å². The van der Waals surface area contributed by atoms with Crippen LogP contribution < -0.4 is 10.1 Å². The van der Waals surface area contributed by atoms with E-state index in [2.05, 4.69) is 5.32 Å². The van der Waals surface area contributed by atoms with Crippen molar-refractivity contribution in [3.05, 3.63) is 64.2 Å². The lowest BCUT2D eigenvalue weighted by molar-refractivity contribution is -0.142. The molecule has 0 fully saturated rings. The van der Waals surface area contributed by atoms with Gasteiger partial charge in [-0.1, -0.05) is 29.8 Å². The number of carbonyl (C=O) groups excluding carboxylic acids is 2. The number of likely N-dealkylation sites (N-methyl/N-ethyl adjacent to an activating group) is 1. The quantitative estimate of drug-likeness (QED) is 0.728. The molecule has 2 aromatic rings. The zero-order chi connectivity index (χ0) is 20.7. The van der Waals surface area contributed by atoms with Gasteiger partial charge in [-0.25, -0.2) is 0 Å². The maximum absolute atomic E-state index is 12.9. The fraction of sp³-hybridized carbons (Fsp3) is 0.364. The third-order valence-electron chi connectivity index (χ3n) is 4.32. The Bertz CT molecular complexity index is 818. The fourth-order valence-electron chi connectivity index (χ4n) is 2.98. The van der Waals surface area contributed by atoms with E-state index in [1.807, 2.05) is 51.1 Å². The first kappa shape index (κ1) is 21.8. The van der Waals surface area contributed by atoms with Gasteiger partial charge < -0.3 is 15.0 Å². The Kier molecular flexibility index (Phi) is 7.88. The maximum atomic E-state index is 12.9. The largest absolute Gasteiger partial charge is 0.484 e. The highest BCUT2D eigenvalue weighted by Gasteiger charge is 2.26. The summed E-state index contributed by atoms with van der Waals surface area (Å²) in [6.45, 7) is 8.14. The van der Waals surface area contributed by atoms with Gasteiger partial charge in [-0.05, 0) is 68.7 Å². The summed E-state index contributed by atoms with van der Waals surface area (Å²) < 4.78 is 5.71. The Balaban J connectivity index is 2.16. The van der Waals surface area contributed by atoms with Gasteiger partial charge in [0.25, 0.3) is 5.91 Å². The number of hydrogen-bond donors (Lipinski definition) is 1. The molecule has 0 heterocycles. The number of hydrogen-bond acceptors (Lipinski definition) is 3. The average molecular weight is 403 g/mol. The Hall–Kier alpha value is -2.53. The first-order chi connectivity index (χ1) is 13.3. The maximum Gasteiger partial charge on any atom is 0.261 e. The van der Waals surface area contributed by atoms with Crippen molar-refractivity contribution in [3.63, 3.8) is 0 Å². The summed E-state index contributed by atoms with van der Waals surface area (Å²) in [5.41, 5.74) is 2.98. The highest BCUT2D eigenvalue weighted by molar-refractivity contribution is 6.30. The van der Waals surface area contributed by atoms with Crippen LogP contribution in [0.2, 0.25) is 5.02 Å². The minimum absolute atomic E-state index is 0.146. The second-order valence-electron chi connectivity index (χ2n) is 6.83. The predicted molar refractivity (Wildman–Crippen MR) is 112 cm³/mol. The van der Waals surface area contributed by atoms with Gasteiger partial charge >= 0.3 is 0 Å². The molecule has 1 N–H and O–H groups in total. The van der Waals surface area contributed by atoms with Crippen molar-refractivity contribution in [2.24, 2.45) is 0 Å². The number of nitrogens with one attached hydrogen (secondary N) is 1. The van der Waals surface area contributed by atoms with Gasteiger partial charge in [-0.3, -0.25) is 9.59 Å². The highest BCUT2D eigenvalue weighted by atomic mass is 35.5. The van der Waals surface area contributed by atoms with Gasteiger partial charge in [0.15, 0.2) is 6.61 Å². The topological polar surface area (TPSA) is 58.6 Å². The van der Waals surface area contributed by atoms with Gasteiger partial charge in [0.2, 0.25) is 5.91 Å². The smallest absolute Gasteiger partial charge is 0.261 e. The number of amides is 2. The SMILES string of the molecule is CCNC(=O)C(C)N(Cc1cccc(Cl)c1)C(=O)COc1cc(C)cc(C)c1. The van der Waals surface area contributed by atoms with E-state index in [4.69, 9.17) is 16.3 Å². The molecule has 0 aliphatic rings. The van der Waals surface area contributed by atoms with Crippen LogP contribution >= 0.6 is 11.6 Å². The Morgan fingerprint density at radius 3 is 2.43 bits per heavy atom. The van der Waals surface area contributed by atoms with Crippen LogP contribution in [0.5, 0.6) is 5.75 Å². The summed E-state index contributed by atoms with van der Waals surface area (Å²) >= 11 is 6.06. The Morgan fingerprint density at radius 2 is 1.82 bits per heavy atom. The third-order valence-corrected chi connectivity index (χ3v) is 4.55. The average Bonchev–Trinajstić information content (AvgIpc) is 2.63. The van der Waals surface area contributed by atoms with Crippen molar-refractivity contribution in [2.75, 3.05) is 13.2 Å². The number of carbonyl (C=O) groups is 2. The molecule has 6 heteroatoms. The standard InChI is InChI=1S/C22H27ClN2O3/c1-5-24-22(27)17(4)25(13-18-7-6-8-19(23)12-18)21(26)14-28-20-10-15(2)9-16(3)11-20/h6-12,17H,5,13-14H2,1-4H3,(H,24,27). The van der Waals surface area contributed by atoms with Crippen molar-refractivity contribution >= 4 is 23.4 Å². The molecule has 2 aromatic carbocycles. The lowest BCUT2D eigenvalue weighted by atomic mass is 10.1. The number of rotatable bonds is 8. The van der Waals surface area contributed by atoms with E-state index in [9.17, 15) is 9.59 Å². The second kappa shape index (κ2) is 10.1. The normalized spacial score (nSPS) is 11.6. The Labute approximate surface area is 171 Å². The predicted octanol–water partition coefficient (Wildman–Crippen LogP) is 3.89. The monoisotopic (exact) mass is 402 g/mol. The summed E-state index contributed by atoms with van der Waals surface area (Å²) in [6, 6.07) is 12.4. The van der Waals surface area contributed by atoms with E-state index in [0.717, 1.165) is 16.7 Å². The summed E-state index contributed by atoms with van der Waals surface area (Å²) in [5, 5.41) is 3.35. The summed E-state index contributed by atoms with van der Waals surface area (Å²) in [5.74, 6) is 0.168. The molecule has 0 aliphatic carbocycles. The molecule has 150 valence electrons. The van der Waals surface area contributed by atoms with Crippen LogP contribution in [-0.2, 0) is 16.1 Å². The minimum atomic E-state index is -0.630. The van der Waals surface area contributed by atoms with Crippen molar-refractivity contribution in [1.29, 1.82) is 0 Å². The van der Waals surface area contributed by atoms with Crippen LogP contribution in [0.25, 0.3) is 0 Å². The van der Waals surface area contributed by atoms with Gasteiger partial charge in [0.05, 0.1) is 0 Å². The first-order valence-corrected chi connectivity index (χ1v) is 9.70. The zero-order valence-electron chi connectivity index (χ0n) is 16.8. The van der Waals surface area contributed by atoms with Gasteiger partial charge in [-0.15, -0.1) is 0 Å². The molecule has 0 aromatic heterocycles. The number of nitrogens with zero attached hydrogens (tertiary/aromatic N) is 1. The van der Waals surface area contributed by atoms with Crippen LogP contribution in [0.1, 0.15) is 30.5 Å². The number of benzene rings is 2. The molecule has 1 unspecified atom stereocenters. The van der Waals surface area contributed by atoms with E-state index in [-0.39, 0.29) is 25.0 Å². The molecular weight excluding hydrogens is 376 g/mol. The molecule has 28 heavy (non-hydrogen) atoms. The van der Waals surface area contributed by atoms with Crippen molar-refractivity contribution in [3.8, 4) is 5.75 Å². The number of halogens is 1. The van der Waals surface area contributed by atoms with E-state index in [0.29, 0.717) is 17.3 Å². The lowest BCUT2D eigenvalue weighted by Crippen LogP contribution is -2.49. The molecule has 0 saturated carbocycles. The molecule has 0 bridgehead atoms. The summed E-state index contributed by atoms with van der Waals surface area (Å²) in [7, 11) is 0. The van der Waals surface area contributed by atoms with Crippen molar-refractivity contribution in [1.82, 2.24) is 10.2 Å². The molecule has 0 radical (unpaired) electrons. The van der Waals surface area contributed by atoms with Crippen LogP contribution in [0.4, 0.5) is 0 Å². The molecule has 2 rings (SSSR count). The minimum Gasteiger partial charge on any atom is -0.484 e. The van der Waals surface area contributed by atoms with E-state index in [1.165, 1.54) is 4.90 Å². The van der Waals surface area contributed by atoms with E-state index < -0.39 is 6.04 Å². The Morgan fingerprint density at radius 1 is 1.14 bits per heavy atom. The number of aryl methyl sites for hydroxylation is 2. The zero-order valence-corrected chi connectivity index (χ0v) is 17.5. The van der Waals surface area contributed by atoms with Gasteiger partial charge in [0, 0.05) is 18.1 Å². The fourth-order valence-corrected chi connectivity index (χ4v) is 3.19. The second-order valence-corrected chi connectivity index (χ2v) is 7.27. The molecule has 0 aliphatic heterocycles. The molecule has 2 amide bonds. The molecular formula is C22H27ClN2O3. The van der Waals surface area contributed by atoms with Gasteiger partial charge in [0.1, 0.15) is 11.8 Å². The van der Waals surface area contributed by atoms with Crippen LogP contribution in [0, 0.1) is 13.8 Å². The molecule has 1 atom stereocenters. The van der Waals surface area contributed by atoms with Crippen LogP contribution in [0.3, 0.4) is 0 Å². The summed E-state index contributed by atoms with van der Waals surface area (Å²) in [4.78, 5) is 26.8. The van der Waals surface area contributed by atoms with Gasteiger partial charge in [-0.2, -0.15) is 0 Å². The third kappa shape index (κ3) is 6.27. The van der Waals surface area contributed by atoms with E-state index >= 15 is 0 Å². The van der Waals surface area contributed by atoms with Crippen LogP contribution in [0.15, 0.2) is 42.5 Å². The molecule has 0 saturated heterocycles. The van der Waals surface area contributed by atoms with Crippen molar-refractivity contribution in [2.45, 2.75) is 40.3 Å². The first-order valence-electron chi connectivity index (χ1n) is 9.33. The number of ether oxygens (including phenoxy) is 1. The van der Waals surface area contributed by atoms with Crippen molar-refractivity contribution < 1.29 is 14.3 Å². The van der Waals surface area contributed by atoms with E-state index in [1.54, 1.807) is 19.1 Å². The summed E-state index contributed by atoms with van der Waals surface area (Å²) in [6.07, 6.45) is 0. The molecule has 5 nitrogen and oxygen atoms in total.